The summed E-state index contributed by atoms with van der Waals surface area (Å²) in [6.45, 7) is -0.467. The van der Waals surface area contributed by atoms with Gasteiger partial charge in [-0.2, -0.15) is 9.57 Å². The molecule has 0 bridgehead atoms. The molecule has 0 unspecified atom stereocenters. The molecule has 19 heavy (non-hydrogen) atoms. The molecule has 0 aromatic heterocycles. The molecule has 2 atom stereocenters. The third-order valence-corrected chi connectivity index (χ3v) is 4.75. The van der Waals surface area contributed by atoms with Crippen molar-refractivity contribution in [2.45, 2.75) is 17.1 Å². The summed E-state index contributed by atoms with van der Waals surface area (Å²) in [5, 5.41) is 27.4. The van der Waals surface area contributed by atoms with Gasteiger partial charge in [0.1, 0.15) is 11.9 Å². The van der Waals surface area contributed by atoms with E-state index in [1.165, 1.54) is 0 Å². The van der Waals surface area contributed by atoms with Crippen LogP contribution in [-0.2, 0) is 10.0 Å². The smallest absolute Gasteiger partial charge is 0.243 e. The van der Waals surface area contributed by atoms with Gasteiger partial charge in [0.2, 0.25) is 10.0 Å². The molecular weight excluding hydrogens is 275 g/mol. The topological polar surface area (TPSA) is 102 Å². The first kappa shape index (κ1) is 13.9. The summed E-state index contributed by atoms with van der Waals surface area (Å²) >= 11 is 0. The van der Waals surface area contributed by atoms with Gasteiger partial charge in [-0.3, -0.25) is 0 Å². The summed E-state index contributed by atoms with van der Waals surface area (Å²) < 4.78 is 38.4. The van der Waals surface area contributed by atoms with Crippen molar-refractivity contribution < 1.29 is 23.0 Å². The minimum absolute atomic E-state index is 0.233. The van der Waals surface area contributed by atoms with Crippen LogP contribution in [0.15, 0.2) is 23.1 Å². The normalized spacial score (nSPS) is 24.3. The SMILES string of the molecule is N#Cc1cc(S(=O)(=O)N2C[C@@H](O)[C@@H](O)C2)ccc1F. The molecule has 1 aromatic carbocycles. The number of hydrogen-bond acceptors (Lipinski definition) is 5. The molecule has 1 saturated heterocycles. The number of aliphatic hydroxyl groups excluding tert-OH is 2. The fourth-order valence-electron chi connectivity index (χ4n) is 1.83. The number of halogens is 1. The van der Waals surface area contributed by atoms with Crippen molar-refractivity contribution in [3.05, 3.63) is 29.6 Å². The molecule has 1 heterocycles. The van der Waals surface area contributed by atoms with Crippen LogP contribution in [0.1, 0.15) is 5.56 Å². The molecule has 0 spiro atoms. The van der Waals surface area contributed by atoms with Gasteiger partial charge < -0.3 is 10.2 Å². The van der Waals surface area contributed by atoms with Gasteiger partial charge in [-0.25, -0.2) is 12.8 Å². The van der Waals surface area contributed by atoms with Crippen molar-refractivity contribution in [1.29, 1.82) is 5.26 Å². The van der Waals surface area contributed by atoms with E-state index in [0.29, 0.717) is 0 Å². The summed E-state index contributed by atoms with van der Waals surface area (Å²) in [4.78, 5) is -0.244. The summed E-state index contributed by atoms with van der Waals surface area (Å²) in [7, 11) is -3.96. The average molecular weight is 286 g/mol. The van der Waals surface area contributed by atoms with E-state index in [9.17, 15) is 23.0 Å². The summed E-state index contributed by atoms with van der Waals surface area (Å²) in [5.74, 6) is -0.803. The van der Waals surface area contributed by atoms with E-state index in [0.717, 1.165) is 22.5 Å². The highest BCUT2D eigenvalue weighted by Gasteiger charge is 2.37. The van der Waals surface area contributed by atoms with Crippen LogP contribution in [0.2, 0.25) is 0 Å². The van der Waals surface area contributed by atoms with Gasteiger partial charge in [0.05, 0.1) is 22.7 Å². The Labute approximate surface area is 109 Å². The molecule has 0 aliphatic carbocycles. The van der Waals surface area contributed by atoms with Gasteiger partial charge >= 0.3 is 0 Å². The molecule has 102 valence electrons. The van der Waals surface area contributed by atoms with Crippen LogP contribution in [0.5, 0.6) is 0 Å². The lowest BCUT2D eigenvalue weighted by Gasteiger charge is -2.15. The second-order valence-electron chi connectivity index (χ2n) is 4.21. The highest BCUT2D eigenvalue weighted by molar-refractivity contribution is 7.89. The Hall–Kier alpha value is -1.53. The van der Waals surface area contributed by atoms with E-state index in [1.807, 2.05) is 0 Å². The predicted octanol–water partition coefficient (Wildman–Crippen LogP) is -0.577. The third kappa shape index (κ3) is 2.46. The number of nitriles is 1. The zero-order chi connectivity index (χ0) is 14.2. The Bertz CT molecular complexity index is 631. The zero-order valence-corrected chi connectivity index (χ0v) is 10.5. The van der Waals surface area contributed by atoms with Gasteiger partial charge in [0, 0.05) is 13.1 Å². The number of aliphatic hydroxyl groups is 2. The molecule has 0 radical (unpaired) electrons. The third-order valence-electron chi connectivity index (χ3n) is 2.92. The molecule has 1 aliphatic heterocycles. The van der Waals surface area contributed by atoms with Crippen LogP contribution in [0.25, 0.3) is 0 Å². The first-order valence-corrected chi connectivity index (χ1v) is 6.86. The molecular formula is C11H11FN2O4S. The van der Waals surface area contributed by atoms with Gasteiger partial charge in [0.25, 0.3) is 0 Å². The maximum Gasteiger partial charge on any atom is 0.243 e. The van der Waals surface area contributed by atoms with Crippen molar-refractivity contribution in [1.82, 2.24) is 4.31 Å². The van der Waals surface area contributed by atoms with Crippen LogP contribution in [0.3, 0.4) is 0 Å². The summed E-state index contributed by atoms with van der Waals surface area (Å²) in [6.07, 6.45) is -2.30. The van der Waals surface area contributed by atoms with E-state index in [2.05, 4.69) is 0 Å². The Balaban J connectivity index is 2.38. The van der Waals surface area contributed by atoms with Crippen LogP contribution in [0, 0.1) is 17.1 Å². The Morgan fingerprint density at radius 1 is 1.32 bits per heavy atom. The van der Waals surface area contributed by atoms with Crippen LogP contribution < -0.4 is 0 Å². The lowest BCUT2D eigenvalue weighted by Crippen LogP contribution is -2.30. The van der Waals surface area contributed by atoms with Gasteiger partial charge in [-0.15, -0.1) is 0 Å². The second kappa shape index (κ2) is 4.86. The maximum absolute atomic E-state index is 13.1. The molecule has 6 nitrogen and oxygen atoms in total. The van der Waals surface area contributed by atoms with Crippen molar-refractivity contribution in [3.8, 4) is 6.07 Å². The van der Waals surface area contributed by atoms with Crippen LogP contribution in [0.4, 0.5) is 4.39 Å². The maximum atomic E-state index is 13.1. The molecule has 0 saturated carbocycles. The molecule has 0 amide bonds. The van der Waals surface area contributed by atoms with E-state index in [1.54, 1.807) is 6.07 Å². The molecule has 8 heteroatoms. The Morgan fingerprint density at radius 2 is 1.89 bits per heavy atom. The van der Waals surface area contributed by atoms with E-state index in [-0.39, 0.29) is 23.5 Å². The Morgan fingerprint density at radius 3 is 2.42 bits per heavy atom. The highest BCUT2D eigenvalue weighted by atomic mass is 32.2. The van der Waals surface area contributed by atoms with Gasteiger partial charge in [-0.05, 0) is 18.2 Å². The van der Waals surface area contributed by atoms with E-state index < -0.39 is 28.0 Å². The van der Waals surface area contributed by atoms with Crippen molar-refractivity contribution in [3.63, 3.8) is 0 Å². The monoisotopic (exact) mass is 286 g/mol. The van der Waals surface area contributed by atoms with Crippen LogP contribution in [-0.4, -0.2) is 48.2 Å². The predicted molar refractivity (Wildman–Crippen MR) is 61.9 cm³/mol. The molecule has 2 N–H and O–H groups in total. The molecule has 1 fully saturated rings. The Kier molecular flexibility index (Phi) is 3.56. The minimum Gasteiger partial charge on any atom is -0.389 e. The highest BCUT2D eigenvalue weighted by Crippen LogP contribution is 2.23. The van der Waals surface area contributed by atoms with Gasteiger partial charge in [-0.1, -0.05) is 0 Å². The van der Waals surface area contributed by atoms with Crippen molar-refractivity contribution in [2.75, 3.05) is 13.1 Å². The van der Waals surface area contributed by atoms with Crippen molar-refractivity contribution in [2.24, 2.45) is 0 Å². The summed E-state index contributed by atoms with van der Waals surface area (Å²) in [6, 6.07) is 4.43. The summed E-state index contributed by atoms with van der Waals surface area (Å²) in [5.41, 5.74) is -0.374. The lowest BCUT2D eigenvalue weighted by molar-refractivity contribution is 0.0572. The average Bonchev–Trinajstić information content (AvgIpc) is 2.70. The first-order valence-electron chi connectivity index (χ1n) is 5.42. The first-order chi connectivity index (χ1) is 8.86. The molecule has 1 aromatic rings. The van der Waals surface area contributed by atoms with E-state index in [4.69, 9.17) is 5.26 Å². The number of benzene rings is 1. The largest absolute Gasteiger partial charge is 0.389 e. The number of hydrogen-bond donors (Lipinski definition) is 2. The quantitative estimate of drug-likeness (QED) is 0.757. The standard InChI is InChI=1S/C11H11FN2O4S/c12-9-2-1-8(3-7(9)4-13)19(17,18)14-5-10(15)11(16)6-14/h1-3,10-11,15-16H,5-6H2/t10-,11+. The van der Waals surface area contributed by atoms with E-state index >= 15 is 0 Å². The number of rotatable bonds is 2. The minimum atomic E-state index is -3.96. The lowest BCUT2D eigenvalue weighted by atomic mass is 10.2. The fourth-order valence-corrected chi connectivity index (χ4v) is 3.33. The zero-order valence-electron chi connectivity index (χ0n) is 9.69. The molecule has 2 rings (SSSR count). The second-order valence-corrected chi connectivity index (χ2v) is 6.15. The van der Waals surface area contributed by atoms with Crippen LogP contribution >= 0.6 is 0 Å². The number of β-amino-alcohol motifs (C(OH)–C–C–N with tert-alkyl or cyclic N) is 2. The fraction of sp³-hybridized carbons (Fsp3) is 0.364. The number of nitrogens with zero attached hydrogens (tertiary/aromatic N) is 2. The number of sulfonamides is 1. The molecule has 1 aliphatic rings. The van der Waals surface area contributed by atoms with Crippen molar-refractivity contribution >= 4 is 10.0 Å². The van der Waals surface area contributed by atoms with Gasteiger partial charge in [0.15, 0.2) is 0 Å².